The molecule has 3 rings (SSSR count). The van der Waals surface area contributed by atoms with Crippen LogP contribution < -0.4 is 5.32 Å². The van der Waals surface area contributed by atoms with Gasteiger partial charge in [0.1, 0.15) is 5.76 Å². The van der Waals surface area contributed by atoms with Gasteiger partial charge >= 0.3 is 0 Å². The Balaban J connectivity index is 1.73. The number of hydrogen-bond donors (Lipinski definition) is 1. The molecule has 0 spiro atoms. The highest BCUT2D eigenvalue weighted by molar-refractivity contribution is 5.28. The molecule has 106 valence electrons. The fraction of sp³-hybridized carbons (Fsp3) is 0.412. The van der Waals surface area contributed by atoms with Gasteiger partial charge < -0.3 is 9.73 Å². The molecule has 1 aromatic heterocycles. The van der Waals surface area contributed by atoms with Crippen molar-refractivity contribution in [2.75, 3.05) is 13.6 Å². The van der Waals surface area contributed by atoms with E-state index >= 15 is 0 Å². The molecule has 0 radical (unpaired) electrons. The minimum Gasteiger partial charge on any atom is -0.468 e. The Kier molecular flexibility index (Phi) is 4.19. The summed E-state index contributed by atoms with van der Waals surface area (Å²) in [5.41, 5.74) is 4.29. The number of rotatable bonds is 4. The Morgan fingerprint density at radius 2 is 2.05 bits per heavy atom. The zero-order valence-corrected chi connectivity index (χ0v) is 12.1. The molecule has 0 atom stereocenters. The van der Waals surface area contributed by atoms with Crippen LogP contribution in [-0.4, -0.2) is 18.5 Å². The molecule has 2 aromatic rings. The average molecular weight is 270 g/mol. The summed E-state index contributed by atoms with van der Waals surface area (Å²) in [6, 6.07) is 10.9. The van der Waals surface area contributed by atoms with Crippen molar-refractivity contribution in [1.29, 1.82) is 0 Å². The number of fused-ring (bicyclic) bond motifs is 1. The lowest BCUT2D eigenvalue weighted by Crippen LogP contribution is -2.23. The summed E-state index contributed by atoms with van der Waals surface area (Å²) < 4.78 is 5.56. The van der Waals surface area contributed by atoms with Crippen molar-refractivity contribution in [2.45, 2.75) is 32.5 Å². The number of hydrogen-bond acceptors (Lipinski definition) is 3. The third-order valence-corrected chi connectivity index (χ3v) is 4.00. The summed E-state index contributed by atoms with van der Waals surface area (Å²) in [5, 5.41) is 3.16. The molecule has 1 aliphatic rings. The molecule has 1 aromatic carbocycles. The highest BCUT2D eigenvalue weighted by atomic mass is 16.3. The van der Waals surface area contributed by atoms with Gasteiger partial charge in [-0.1, -0.05) is 24.3 Å². The Hall–Kier alpha value is -1.58. The van der Waals surface area contributed by atoms with E-state index in [9.17, 15) is 0 Å². The summed E-state index contributed by atoms with van der Waals surface area (Å²) >= 11 is 0. The Morgan fingerprint density at radius 3 is 2.90 bits per heavy atom. The SMILES string of the molecule is CNCc1occc1CN1CCCc2ccccc2C1. The quantitative estimate of drug-likeness (QED) is 0.926. The van der Waals surface area contributed by atoms with Gasteiger partial charge in [0.2, 0.25) is 0 Å². The van der Waals surface area contributed by atoms with E-state index in [1.807, 2.05) is 7.05 Å². The van der Waals surface area contributed by atoms with Crippen molar-refractivity contribution in [3.05, 3.63) is 59.0 Å². The lowest BCUT2D eigenvalue weighted by molar-refractivity contribution is 0.258. The predicted octanol–water partition coefficient (Wildman–Crippen LogP) is 2.95. The second-order valence-corrected chi connectivity index (χ2v) is 5.48. The van der Waals surface area contributed by atoms with Gasteiger partial charge in [-0.05, 0) is 43.6 Å². The third-order valence-electron chi connectivity index (χ3n) is 4.00. The van der Waals surface area contributed by atoms with Crippen LogP contribution in [0.1, 0.15) is 28.9 Å². The average Bonchev–Trinajstić information content (AvgIpc) is 2.78. The molecule has 0 amide bonds. The normalized spacial score (nSPS) is 15.8. The standard InChI is InChI=1S/C17H22N2O/c1-18-11-17-16(8-10-20-17)13-19-9-4-7-14-5-2-3-6-15(14)12-19/h2-3,5-6,8,10,18H,4,7,9,11-13H2,1H3. The molecule has 3 heteroatoms. The number of furan rings is 1. The van der Waals surface area contributed by atoms with Crippen molar-refractivity contribution in [3.8, 4) is 0 Å². The van der Waals surface area contributed by atoms with Gasteiger partial charge in [-0.25, -0.2) is 0 Å². The topological polar surface area (TPSA) is 28.4 Å². The minimum absolute atomic E-state index is 0.798. The van der Waals surface area contributed by atoms with E-state index in [1.165, 1.54) is 29.5 Å². The minimum atomic E-state index is 0.798. The van der Waals surface area contributed by atoms with E-state index < -0.39 is 0 Å². The van der Waals surface area contributed by atoms with E-state index in [0.29, 0.717) is 0 Å². The monoisotopic (exact) mass is 270 g/mol. The second kappa shape index (κ2) is 6.25. The first-order valence-corrected chi connectivity index (χ1v) is 7.36. The van der Waals surface area contributed by atoms with Crippen LogP contribution in [0.15, 0.2) is 41.0 Å². The van der Waals surface area contributed by atoms with Crippen molar-refractivity contribution in [1.82, 2.24) is 10.2 Å². The Bertz CT molecular complexity index is 562. The maximum absolute atomic E-state index is 5.56. The van der Waals surface area contributed by atoms with E-state index in [2.05, 4.69) is 40.5 Å². The summed E-state index contributed by atoms with van der Waals surface area (Å²) in [7, 11) is 1.95. The lowest BCUT2D eigenvalue weighted by atomic mass is 10.0. The molecule has 20 heavy (non-hydrogen) atoms. The molecular formula is C17H22N2O. The number of nitrogens with one attached hydrogen (secondary N) is 1. The lowest BCUT2D eigenvalue weighted by Gasteiger charge is -2.20. The number of benzene rings is 1. The van der Waals surface area contributed by atoms with E-state index in [4.69, 9.17) is 4.42 Å². The molecule has 0 saturated heterocycles. The second-order valence-electron chi connectivity index (χ2n) is 5.48. The largest absolute Gasteiger partial charge is 0.468 e. The number of nitrogens with zero attached hydrogens (tertiary/aromatic N) is 1. The van der Waals surface area contributed by atoms with Crippen LogP contribution >= 0.6 is 0 Å². The first-order valence-electron chi connectivity index (χ1n) is 7.36. The molecule has 0 saturated carbocycles. The highest BCUT2D eigenvalue weighted by Gasteiger charge is 2.16. The zero-order valence-electron chi connectivity index (χ0n) is 12.1. The van der Waals surface area contributed by atoms with Crippen LogP contribution in [0.25, 0.3) is 0 Å². The van der Waals surface area contributed by atoms with Gasteiger partial charge in [0.05, 0.1) is 12.8 Å². The van der Waals surface area contributed by atoms with Gasteiger partial charge in [-0.3, -0.25) is 4.90 Å². The van der Waals surface area contributed by atoms with Crippen molar-refractivity contribution in [2.24, 2.45) is 0 Å². The highest BCUT2D eigenvalue weighted by Crippen LogP contribution is 2.21. The van der Waals surface area contributed by atoms with Crippen LogP contribution in [0.5, 0.6) is 0 Å². The van der Waals surface area contributed by atoms with Crippen molar-refractivity contribution >= 4 is 0 Å². The van der Waals surface area contributed by atoms with E-state index in [-0.39, 0.29) is 0 Å². The molecule has 0 bridgehead atoms. The van der Waals surface area contributed by atoms with Crippen molar-refractivity contribution in [3.63, 3.8) is 0 Å². The van der Waals surface area contributed by atoms with Crippen LogP contribution in [0.4, 0.5) is 0 Å². The van der Waals surface area contributed by atoms with Gasteiger partial charge in [-0.2, -0.15) is 0 Å². The summed E-state index contributed by atoms with van der Waals surface area (Å²) in [6.45, 7) is 3.97. The Labute approximate surface area is 120 Å². The van der Waals surface area contributed by atoms with Gasteiger partial charge in [0, 0.05) is 18.7 Å². The first kappa shape index (κ1) is 13.4. The molecule has 1 aliphatic heterocycles. The smallest absolute Gasteiger partial charge is 0.122 e. The molecule has 0 fully saturated rings. The van der Waals surface area contributed by atoms with Crippen LogP contribution in [0.2, 0.25) is 0 Å². The first-order chi connectivity index (χ1) is 9.86. The summed E-state index contributed by atoms with van der Waals surface area (Å²) in [6.07, 6.45) is 4.23. The number of aryl methyl sites for hydroxylation is 1. The van der Waals surface area contributed by atoms with Crippen molar-refractivity contribution < 1.29 is 4.42 Å². The zero-order chi connectivity index (χ0) is 13.8. The predicted molar refractivity (Wildman–Crippen MR) is 80.3 cm³/mol. The molecule has 2 heterocycles. The van der Waals surface area contributed by atoms with Gasteiger partial charge in [0.15, 0.2) is 0 Å². The van der Waals surface area contributed by atoms with Crippen LogP contribution in [-0.2, 0) is 26.1 Å². The summed E-state index contributed by atoms with van der Waals surface area (Å²) in [5.74, 6) is 1.06. The van der Waals surface area contributed by atoms with Gasteiger partial charge in [0.25, 0.3) is 0 Å². The Morgan fingerprint density at radius 1 is 1.20 bits per heavy atom. The fourth-order valence-corrected chi connectivity index (χ4v) is 2.97. The van der Waals surface area contributed by atoms with Crippen LogP contribution in [0, 0.1) is 0 Å². The molecule has 1 N–H and O–H groups in total. The molecule has 3 nitrogen and oxygen atoms in total. The molecule has 0 aliphatic carbocycles. The van der Waals surface area contributed by atoms with Crippen LogP contribution in [0.3, 0.4) is 0 Å². The van der Waals surface area contributed by atoms with E-state index in [0.717, 1.165) is 31.9 Å². The molecular weight excluding hydrogens is 248 g/mol. The maximum atomic E-state index is 5.56. The maximum Gasteiger partial charge on any atom is 0.122 e. The van der Waals surface area contributed by atoms with E-state index in [1.54, 1.807) is 6.26 Å². The van der Waals surface area contributed by atoms with Gasteiger partial charge in [-0.15, -0.1) is 0 Å². The summed E-state index contributed by atoms with van der Waals surface area (Å²) in [4.78, 5) is 2.52. The third kappa shape index (κ3) is 2.94. The fourth-order valence-electron chi connectivity index (χ4n) is 2.97. The molecule has 0 unspecified atom stereocenters.